The predicted octanol–water partition coefficient (Wildman–Crippen LogP) is 4.19. The van der Waals surface area contributed by atoms with E-state index in [1.54, 1.807) is 17.0 Å². The summed E-state index contributed by atoms with van der Waals surface area (Å²) in [5, 5.41) is 2.99. The van der Waals surface area contributed by atoms with Gasteiger partial charge in [0.1, 0.15) is 11.4 Å². The number of fused-ring (bicyclic) bond motifs is 3. The lowest BCUT2D eigenvalue weighted by Gasteiger charge is -2.24. The van der Waals surface area contributed by atoms with Crippen LogP contribution in [0, 0.1) is 11.7 Å². The highest BCUT2D eigenvalue weighted by Gasteiger charge is 2.41. The Hall–Kier alpha value is -2.89. The molecule has 4 rings (SSSR count). The van der Waals surface area contributed by atoms with Gasteiger partial charge in [-0.05, 0) is 55.7 Å². The molecule has 2 aliphatic rings. The quantitative estimate of drug-likeness (QED) is 0.786. The van der Waals surface area contributed by atoms with Gasteiger partial charge in [0.2, 0.25) is 0 Å². The summed E-state index contributed by atoms with van der Waals surface area (Å²) in [4.78, 5) is 27.0. The molecule has 2 aromatic rings. The van der Waals surface area contributed by atoms with Crippen LogP contribution in [0.15, 0.2) is 42.5 Å². The Morgan fingerprint density at radius 3 is 2.48 bits per heavy atom. The first kappa shape index (κ1) is 19.4. The van der Waals surface area contributed by atoms with Crippen molar-refractivity contribution in [2.75, 3.05) is 19.6 Å². The molecule has 2 heterocycles. The van der Waals surface area contributed by atoms with Crippen molar-refractivity contribution in [1.29, 1.82) is 0 Å². The van der Waals surface area contributed by atoms with Crippen LogP contribution in [0.1, 0.15) is 42.6 Å². The topological polar surface area (TPSA) is 58.6 Å². The number of likely N-dealkylation sites (tertiary alicyclic amines) is 1. The van der Waals surface area contributed by atoms with Crippen LogP contribution in [0.2, 0.25) is 0 Å². The summed E-state index contributed by atoms with van der Waals surface area (Å²) < 4.78 is 18.8. The molecule has 0 radical (unpaired) electrons. The van der Waals surface area contributed by atoms with Gasteiger partial charge >= 0.3 is 6.09 Å². The average Bonchev–Trinajstić information content (AvgIpc) is 3.04. The highest BCUT2D eigenvalue weighted by Crippen LogP contribution is 2.38. The third-order valence-electron chi connectivity index (χ3n) is 5.49. The number of hydrogen-bond donors (Lipinski definition) is 1. The fraction of sp³-hybridized carbons (Fsp3) is 0.391. The molecule has 1 fully saturated rings. The van der Waals surface area contributed by atoms with Crippen LogP contribution in [-0.4, -0.2) is 42.1 Å². The number of rotatable bonds is 1. The second kappa shape index (κ2) is 7.17. The number of carbonyl (C=O) groups excluding carboxylic acids is 2. The molecule has 1 N–H and O–H groups in total. The maximum Gasteiger partial charge on any atom is 0.410 e. The summed E-state index contributed by atoms with van der Waals surface area (Å²) in [6, 6.07) is 12.0. The van der Waals surface area contributed by atoms with E-state index in [0.29, 0.717) is 25.2 Å². The van der Waals surface area contributed by atoms with Crippen LogP contribution < -0.4 is 5.32 Å². The van der Waals surface area contributed by atoms with Gasteiger partial charge in [0, 0.05) is 37.0 Å². The van der Waals surface area contributed by atoms with Crippen molar-refractivity contribution in [2.45, 2.75) is 32.3 Å². The minimum absolute atomic E-state index is 0.0683. The van der Waals surface area contributed by atoms with E-state index in [4.69, 9.17) is 4.74 Å². The fourth-order valence-corrected chi connectivity index (χ4v) is 4.12. The Bertz CT molecular complexity index is 950. The predicted molar refractivity (Wildman–Crippen MR) is 108 cm³/mol. The van der Waals surface area contributed by atoms with Gasteiger partial charge in [0.05, 0.1) is 0 Å². The summed E-state index contributed by atoms with van der Waals surface area (Å²) >= 11 is 0. The molecule has 0 saturated carbocycles. The minimum atomic E-state index is -0.544. The van der Waals surface area contributed by atoms with E-state index in [9.17, 15) is 14.0 Å². The van der Waals surface area contributed by atoms with Gasteiger partial charge in [-0.2, -0.15) is 0 Å². The lowest BCUT2D eigenvalue weighted by Crippen LogP contribution is -2.36. The molecule has 2 atom stereocenters. The van der Waals surface area contributed by atoms with Gasteiger partial charge in [-0.25, -0.2) is 9.18 Å². The number of nitrogens with one attached hydrogen (secondary N) is 1. The van der Waals surface area contributed by atoms with Crippen LogP contribution in [0.3, 0.4) is 0 Å². The molecule has 2 aromatic carbocycles. The molecule has 0 bridgehead atoms. The number of hydrogen-bond acceptors (Lipinski definition) is 3. The molecule has 1 saturated heterocycles. The van der Waals surface area contributed by atoms with Crippen molar-refractivity contribution in [2.24, 2.45) is 5.92 Å². The number of nitrogens with zero attached hydrogens (tertiary/aromatic N) is 1. The van der Waals surface area contributed by atoms with Gasteiger partial charge in [0.25, 0.3) is 5.91 Å². The Balaban J connectivity index is 1.63. The van der Waals surface area contributed by atoms with Crippen molar-refractivity contribution in [3.63, 3.8) is 0 Å². The van der Waals surface area contributed by atoms with Crippen LogP contribution in [0.25, 0.3) is 11.1 Å². The van der Waals surface area contributed by atoms with Crippen LogP contribution in [-0.2, 0) is 4.74 Å². The van der Waals surface area contributed by atoms with Gasteiger partial charge in [-0.3, -0.25) is 4.79 Å². The minimum Gasteiger partial charge on any atom is -0.444 e. The normalized spacial score (nSPS) is 21.1. The lowest BCUT2D eigenvalue weighted by molar-refractivity contribution is 0.0287. The van der Waals surface area contributed by atoms with Gasteiger partial charge in [0.15, 0.2) is 0 Å². The van der Waals surface area contributed by atoms with Crippen molar-refractivity contribution in [3.05, 3.63) is 59.4 Å². The zero-order valence-electron chi connectivity index (χ0n) is 16.9. The number of carbonyl (C=O) groups is 2. The molecule has 0 aliphatic carbocycles. The van der Waals surface area contributed by atoms with E-state index in [1.165, 1.54) is 12.1 Å². The van der Waals surface area contributed by atoms with E-state index in [-0.39, 0.29) is 29.7 Å². The Kier molecular flexibility index (Phi) is 4.81. The first-order valence-electron chi connectivity index (χ1n) is 9.87. The highest BCUT2D eigenvalue weighted by molar-refractivity contribution is 5.97. The monoisotopic (exact) mass is 396 g/mol. The maximum absolute atomic E-state index is 13.2. The molecule has 0 spiro atoms. The number of amides is 2. The van der Waals surface area contributed by atoms with Crippen LogP contribution in [0.4, 0.5) is 9.18 Å². The molecule has 2 amide bonds. The largest absolute Gasteiger partial charge is 0.444 e. The number of halogens is 1. The molecule has 6 heteroatoms. The third kappa shape index (κ3) is 3.97. The van der Waals surface area contributed by atoms with Crippen LogP contribution >= 0.6 is 0 Å². The fourth-order valence-electron chi connectivity index (χ4n) is 4.12. The Labute approximate surface area is 169 Å². The van der Waals surface area contributed by atoms with E-state index in [0.717, 1.165) is 16.7 Å². The second-order valence-electron chi connectivity index (χ2n) is 8.77. The SMILES string of the molecule is CC(C)(C)OC(=O)N1C[C@@H]2CNC(=O)c3cc(-c4ccc(F)cc4)ccc3[C@H]2C1. The molecule has 0 unspecified atom stereocenters. The van der Waals surface area contributed by atoms with Crippen molar-refractivity contribution < 1.29 is 18.7 Å². The smallest absolute Gasteiger partial charge is 0.410 e. The van der Waals surface area contributed by atoms with Gasteiger partial charge in [-0.15, -0.1) is 0 Å². The van der Waals surface area contributed by atoms with Crippen molar-refractivity contribution >= 4 is 12.0 Å². The summed E-state index contributed by atoms with van der Waals surface area (Å²) in [7, 11) is 0. The molecular weight excluding hydrogens is 371 g/mol. The molecular formula is C23H25FN2O3. The first-order chi connectivity index (χ1) is 13.7. The molecule has 29 heavy (non-hydrogen) atoms. The van der Waals surface area contributed by atoms with E-state index < -0.39 is 5.60 Å². The Morgan fingerprint density at radius 2 is 1.79 bits per heavy atom. The maximum atomic E-state index is 13.2. The molecule has 5 nitrogen and oxygen atoms in total. The molecule has 0 aromatic heterocycles. The van der Waals surface area contributed by atoms with Crippen molar-refractivity contribution in [3.8, 4) is 11.1 Å². The zero-order chi connectivity index (χ0) is 20.8. The van der Waals surface area contributed by atoms with E-state index in [2.05, 4.69) is 5.32 Å². The lowest BCUT2D eigenvalue weighted by atomic mass is 9.86. The standard InChI is InChI=1S/C23H25FN2O3/c1-23(2,3)29-22(28)26-12-16-11-25-21(27)19-10-15(6-9-18(19)20(16)13-26)14-4-7-17(24)8-5-14/h4-10,16,20H,11-13H2,1-3H3,(H,25,27)/t16-,20-/m0/s1. The van der Waals surface area contributed by atoms with E-state index >= 15 is 0 Å². The average molecular weight is 396 g/mol. The second-order valence-corrected chi connectivity index (χ2v) is 8.77. The summed E-state index contributed by atoms with van der Waals surface area (Å²) in [6.07, 6.45) is -0.318. The third-order valence-corrected chi connectivity index (χ3v) is 5.49. The summed E-state index contributed by atoms with van der Waals surface area (Å²) in [5.41, 5.74) is 2.73. The summed E-state index contributed by atoms with van der Waals surface area (Å²) in [5.74, 6) is -0.192. The van der Waals surface area contributed by atoms with Crippen molar-refractivity contribution in [1.82, 2.24) is 10.2 Å². The molecule has 152 valence electrons. The molecule has 2 aliphatic heterocycles. The summed E-state index contributed by atoms with van der Waals surface area (Å²) in [6.45, 7) is 7.16. The van der Waals surface area contributed by atoms with Gasteiger partial charge < -0.3 is 15.0 Å². The highest BCUT2D eigenvalue weighted by atomic mass is 19.1. The first-order valence-corrected chi connectivity index (χ1v) is 9.87. The van der Waals surface area contributed by atoms with E-state index in [1.807, 2.05) is 39.0 Å². The van der Waals surface area contributed by atoms with Gasteiger partial charge in [-0.1, -0.05) is 24.3 Å². The van der Waals surface area contributed by atoms with Crippen LogP contribution in [0.5, 0.6) is 0 Å². The number of benzene rings is 2. The number of ether oxygens (including phenoxy) is 1. The zero-order valence-corrected chi connectivity index (χ0v) is 16.9. The Morgan fingerprint density at radius 1 is 1.10 bits per heavy atom.